The molecule has 0 aliphatic heterocycles. The molecule has 0 heterocycles. The van der Waals surface area contributed by atoms with Crippen LogP contribution in [0.3, 0.4) is 0 Å². The maximum Gasteiger partial charge on any atom is 0.306 e. The van der Waals surface area contributed by atoms with Gasteiger partial charge in [-0.3, -0.25) is 14.4 Å². The van der Waals surface area contributed by atoms with E-state index >= 15 is 0 Å². The van der Waals surface area contributed by atoms with Gasteiger partial charge in [0, 0.05) is 19.3 Å². The summed E-state index contributed by atoms with van der Waals surface area (Å²) in [6, 6.07) is 0. The summed E-state index contributed by atoms with van der Waals surface area (Å²) < 4.78 is 16.9. The maximum absolute atomic E-state index is 12.9. The third kappa shape index (κ3) is 64.0. The summed E-state index contributed by atoms with van der Waals surface area (Å²) in [6.45, 7) is 6.35. The van der Waals surface area contributed by atoms with Crippen molar-refractivity contribution in [3.8, 4) is 0 Å². The van der Waals surface area contributed by atoms with E-state index in [1.54, 1.807) is 0 Å². The van der Waals surface area contributed by atoms with E-state index in [0.29, 0.717) is 19.3 Å². The first-order valence-corrected chi connectivity index (χ1v) is 32.3. The quantitative estimate of drug-likeness (QED) is 0.0261. The van der Waals surface area contributed by atoms with Crippen LogP contribution < -0.4 is 0 Å². The van der Waals surface area contributed by atoms with Crippen LogP contribution in [0.25, 0.3) is 0 Å². The minimum atomic E-state index is -0.797. The standard InChI is InChI=1S/C73H118O6/c1-4-7-10-13-16-19-22-24-26-28-30-32-33-34-35-36-37-38-39-41-42-44-46-48-51-54-57-60-63-66-72(75)78-69-70(68-77-71(74)65-62-59-56-53-50-21-18-15-12-9-6-3)79-73(76)67-64-61-58-55-52-49-47-45-43-40-31-29-27-25-23-20-17-14-11-8-5-2/h7-8,10-11,15-20,24-27,30-32,34-35,37-38,40-42,70H,4-6,9,12-14,21-23,28-29,33,36,39,43-69H2,1-3H3/b10-7-,11-8-,18-15-,19-16-,20-17-,26-24-,27-25-,32-30-,35-34-,38-37-,40-31-,42-41-. The minimum absolute atomic E-state index is 0.0935. The van der Waals surface area contributed by atoms with Crippen molar-refractivity contribution < 1.29 is 28.6 Å². The van der Waals surface area contributed by atoms with Crippen LogP contribution in [0, 0.1) is 0 Å². The van der Waals surface area contributed by atoms with Crippen LogP contribution in [0.15, 0.2) is 146 Å². The van der Waals surface area contributed by atoms with Crippen molar-refractivity contribution >= 4 is 17.9 Å². The van der Waals surface area contributed by atoms with Crippen molar-refractivity contribution in [2.75, 3.05) is 13.2 Å². The molecule has 0 aromatic carbocycles. The van der Waals surface area contributed by atoms with Gasteiger partial charge in [0.2, 0.25) is 0 Å². The van der Waals surface area contributed by atoms with Gasteiger partial charge in [-0.05, 0) is 135 Å². The van der Waals surface area contributed by atoms with Gasteiger partial charge in [-0.15, -0.1) is 0 Å². The van der Waals surface area contributed by atoms with Gasteiger partial charge in [0.15, 0.2) is 6.10 Å². The lowest BCUT2D eigenvalue weighted by Crippen LogP contribution is -2.30. The number of allylic oxidation sites excluding steroid dienone is 24. The summed E-state index contributed by atoms with van der Waals surface area (Å²) in [7, 11) is 0. The van der Waals surface area contributed by atoms with E-state index in [0.717, 1.165) is 154 Å². The van der Waals surface area contributed by atoms with Crippen molar-refractivity contribution in [1.82, 2.24) is 0 Å². The van der Waals surface area contributed by atoms with Crippen molar-refractivity contribution in [3.05, 3.63) is 146 Å². The van der Waals surface area contributed by atoms with Crippen LogP contribution in [-0.4, -0.2) is 37.2 Å². The lowest BCUT2D eigenvalue weighted by Gasteiger charge is -2.18. The Morgan fingerprint density at radius 2 is 0.494 bits per heavy atom. The molecule has 0 aliphatic carbocycles. The Kier molecular flexibility index (Phi) is 61.9. The summed E-state index contributed by atoms with van der Waals surface area (Å²) in [6.07, 6.45) is 94.2. The summed E-state index contributed by atoms with van der Waals surface area (Å²) >= 11 is 0. The van der Waals surface area contributed by atoms with Crippen molar-refractivity contribution in [2.45, 2.75) is 284 Å². The molecule has 0 aromatic heterocycles. The van der Waals surface area contributed by atoms with Crippen LogP contribution in [-0.2, 0) is 28.6 Å². The lowest BCUT2D eigenvalue weighted by molar-refractivity contribution is -0.167. The van der Waals surface area contributed by atoms with Gasteiger partial charge in [-0.1, -0.05) is 269 Å². The number of unbranched alkanes of at least 4 members (excludes halogenated alkanes) is 22. The third-order valence-electron chi connectivity index (χ3n) is 13.3. The first-order valence-electron chi connectivity index (χ1n) is 32.3. The second-order valence-corrected chi connectivity index (χ2v) is 20.9. The van der Waals surface area contributed by atoms with Crippen molar-refractivity contribution in [1.29, 1.82) is 0 Å². The van der Waals surface area contributed by atoms with Gasteiger partial charge in [0.1, 0.15) is 13.2 Å². The van der Waals surface area contributed by atoms with Crippen LogP contribution in [0.1, 0.15) is 278 Å². The van der Waals surface area contributed by atoms with Crippen molar-refractivity contribution in [2.24, 2.45) is 0 Å². The number of carbonyl (C=O) groups excluding carboxylic acids is 3. The Hall–Kier alpha value is -4.71. The highest BCUT2D eigenvalue weighted by atomic mass is 16.6. The Bertz CT molecular complexity index is 1730. The minimum Gasteiger partial charge on any atom is -0.462 e. The summed E-state index contributed by atoms with van der Waals surface area (Å²) in [4.78, 5) is 38.3. The molecule has 0 saturated heterocycles. The molecule has 0 fully saturated rings. The molecule has 0 saturated carbocycles. The highest BCUT2D eigenvalue weighted by molar-refractivity contribution is 5.71. The molecule has 0 bridgehead atoms. The Labute approximate surface area is 487 Å². The number of hydrogen-bond donors (Lipinski definition) is 0. The van der Waals surface area contributed by atoms with Crippen molar-refractivity contribution in [3.63, 3.8) is 0 Å². The number of esters is 3. The molecule has 0 aromatic rings. The van der Waals surface area contributed by atoms with E-state index in [1.807, 2.05) is 0 Å². The molecule has 0 N–H and O–H groups in total. The average molecular weight is 1090 g/mol. The Balaban J connectivity index is 4.34. The monoisotopic (exact) mass is 1090 g/mol. The van der Waals surface area contributed by atoms with Gasteiger partial charge in [-0.25, -0.2) is 0 Å². The molecule has 1 atom stereocenters. The van der Waals surface area contributed by atoms with E-state index in [1.165, 1.54) is 83.5 Å². The molecule has 0 radical (unpaired) electrons. The van der Waals surface area contributed by atoms with Crippen LogP contribution in [0.5, 0.6) is 0 Å². The molecule has 79 heavy (non-hydrogen) atoms. The fourth-order valence-corrected chi connectivity index (χ4v) is 8.51. The van der Waals surface area contributed by atoms with Crippen LogP contribution >= 0.6 is 0 Å². The molecule has 6 heteroatoms. The molecular weight excluding hydrogens is 973 g/mol. The lowest BCUT2D eigenvalue weighted by atomic mass is 10.1. The number of carbonyl (C=O) groups is 3. The largest absolute Gasteiger partial charge is 0.462 e. The maximum atomic E-state index is 12.9. The zero-order valence-corrected chi connectivity index (χ0v) is 51.1. The zero-order valence-electron chi connectivity index (χ0n) is 51.1. The number of hydrogen-bond acceptors (Lipinski definition) is 6. The van der Waals surface area contributed by atoms with E-state index in [4.69, 9.17) is 14.2 Å². The normalized spacial score (nSPS) is 13.1. The predicted octanol–water partition coefficient (Wildman–Crippen LogP) is 22.3. The topological polar surface area (TPSA) is 78.9 Å². The van der Waals surface area contributed by atoms with Crippen LogP contribution in [0.4, 0.5) is 0 Å². The second kappa shape index (κ2) is 65.8. The number of ether oxygens (including phenoxy) is 3. The van der Waals surface area contributed by atoms with E-state index in [-0.39, 0.29) is 31.1 Å². The molecule has 446 valence electrons. The molecule has 0 rings (SSSR count). The molecule has 0 aliphatic rings. The average Bonchev–Trinajstić information content (AvgIpc) is 3.45. The summed E-state index contributed by atoms with van der Waals surface area (Å²) in [5.41, 5.74) is 0. The number of rotatable bonds is 57. The second-order valence-electron chi connectivity index (χ2n) is 20.9. The van der Waals surface area contributed by atoms with E-state index < -0.39 is 6.10 Å². The van der Waals surface area contributed by atoms with Crippen LogP contribution in [0.2, 0.25) is 0 Å². The highest BCUT2D eigenvalue weighted by Gasteiger charge is 2.19. The molecule has 0 amide bonds. The van der Waals surface area contributed by atoms with Gasteiger partial charge in [-0.2, -0.15) is 0 Å². The van der Waals surface area contributed by atoms with Gasteiger partial charge >= 0.3 is 17.9 Å². The van der Waals surface area contributed by atoms with Gasteiger partial charge in [0.25, 0.3) is 0 Å². The highest BCUT2D eigenvalue weighted by Crippen LogP contribution is 2.15. The SMILES string of the molecule is CC/C=C\C/C=C\C/C=C\C/C=C\C/C=C\C/C=C\C/C=C\CCCCCCCCCC(=O)OCC(COC(=O)CCCCCCC/C=C\CCCC)OC(=O)CCCCCCCCCC/C=C\C/C=C\C/C=C\C/C=C\CC. The van der Waals surface area contributed by atoms with Gasteiger partial charge in [0.05, 0.1) is 0 Å². The molecule has 6 nitrogen and oxygen atoms in total. The first kappa shape index (κ1) is 74.3. The van der Waals surface area contributed by atoms with E-state index in [2.05, 4.69) is 167 Å². The molecule has 1 unspecified atom stereocenters. The smallest absolute Gasteiger partial charge is 0.306 e. The van der Waals surface area contributed by atoms with Gasteiger partial charge < -0.3 is 14.2 Å². The molecule has 0 spiro atoms. The zero-order chi connectivity index (χ0) is 57.1. The predicted molar refractivity (Wildman–Crippen MR) is 343 cm³/mol. The third-order valence-corrected chi connectivity index (χ3v) is 13.3. The fourth-order valence-electron chi connectivity index (χ4n) is 8.51. The first-order chi connectivity index (χ1) is 39.0. The van der Waals surface area contributed by atoms with E-state index in [9.17, 15) is 14.4 Å². The molecular formula is C73H118O6. The fraction of sp³-hybridized carbons (Fsp3) is 0.630. The summed E-state index contributed by atoms with van der Waals surface area (Å²) in [5, 5.41) is 0. The Morgan fingerprint density at radius 3 is 0.785 bits per heavy atom. The summed E-state index contributed by atoms with van der Waals surface area (Å²) in [5.74, 6) is -0.922. The Morgan fingerprint density at radius 1 is 0.266 bits per heavy atom.